The van der Waals surface area contributed by atoms with Crippen molar-refractivity contribution in [1.29, 1.82) is 0 Å². The molecule has 1 unspecified atom stereocenters. The zero-order valence-electron chi connectivity index (χ0n) is 11.3. The van der Waals surface area contributed by atoms with Crippen molar-refractivity contribution in [2.45, 2.75) is 24.1 Å². The number of nitrogens with two attached hydrogens (primary N) is 1. The summed E-state index contributed by atoms with van der Waals surface area (Å²) in [6, 6.07) is 9.44. The van der Waals surface area contributed by atoms with Crippen molar-refractivity contribution >= 4 is 15.5 Å². The van der Waals surface area contributed by atoms with E-state index in [4.69, 9.17) is 5.73 Å². The van der Waals surface area contributed by atoms with Crippen LogP contribution in [-0.2, 0) is 9.84 Å². The second-order valence-electron chi connectivity index (χ2n) is 4.67. The van der Waals surface area contributed by atoms with Crippen LogP contribution >= 0.6 is 0 Å². The average Bonchev–Trinajstić information content (AvgIpc) is 2.41. The first-order chi connectivity index (χ1) is 9.34. The maximum absolute atomic E-state index is 12.6. The minimum Gasteiger partial charge on any atom is -0.618 e. The molecule has 0 aliphatic rings. The van der Waals surface area contributed by atoms with Crippen LogP contribution in [0, 0.1) is 12.1 Å². The molecule has 2 N–H and O–H groups in total. The van der Waals surface area contributed by atoms with Gasteiger partial charge in [-0.3, -0.25) is 0 Å². The van der Waals surface area contributed by atoms with Crippen LogP contribution in [0.2, 0.25) is 0 Å². The first-order valence-electron chi connectivity index (χ1n) is 6.12. The molecule has 6 heteroatoms. The zero-order chi connectivity index (χ0) is 14.9. The number of hydrogen-bond acceptors (Lipinski definition) is 4. The van der Waals surface area contributed by atoms with E-state index < -0.39 is 15.1 Å². The molecule has 2 aromatic rings. The fourth-order valence-electron chi connectivity index (χ4n) is 2.08. The lowest BCUT2D eigenvalue weighted by Gasteiger charge is -2.15. The summed E-state index contributed by atoms with van der Waals surface area (Å²) in [4.78, 5) is 0. The van der Waals surface area contributed by atoms with E-state index in [9.17, 15) is 13.6 Å². The molecule has 1 heterocycles. The monoisotopic (exact) mass is 292 g/mol. The number of nitrogen functional groups attached to an aromatic ring is 1. The Morgan fingerprint density at radius 3 is 2.60 bits per heavy atom. The summed E-state index contributed by atoms with van der Waals surface area (Å²) in [5, 5.41) is 10.6. The van der Waals surface area contributed by atoms with Gasteiger partial charge in [0.25, 0.3) is 0 Å². The summed E-state index contributed by atoms with van der Waals surface area (Å²) in [7, 11) is -3.77. The second-order valence-corrected chi connectivity index (χ2v) is 6.88. The Labute approximate surface area is 118 Å². The highest BCUT2D eigenvalue weighted by atomic mass is 32.2. The molecule has 2 rings (SSSR count). The molecule has 0 spiro atoms. The van der Waals surface area contributed by atoms with Gasteiger partial charge in [0.1, 0.15) is 0 Å². The van der Waals surface area contributed by atoms with Crippen LogP contribution in [0.4, 0.5) is 5.69 Å². The Morgan fingerprint density at radius 1 is 1.25 bits per heavy atom. The molecule has 0 fully saturated rings. The van der Waals surface area contributed by atoms with Gasteiger partial charge >= 0.3 is 5.03 Å². The van der Waals surface area contributed by atoms with E-state index in [0.29, 0.717) is 16.0 Å². The topological polar surface area (TPSA) is 87.1 Å². The number of sulfone groups is 1. The molecule has 106 valence electrons. The van der Waals surface area contributed by atoms with Gasteiger partial charge in [0, 0.05) is 17.8 Å². The normalized spacial score (nSPS) is 13.1. The van der Waals surface area contributed by atoms with Crippen molar-refractivity contribution in [1.82, 2.24) is 0 Å². The van der Waals surface area contributed by atoms with Gasteiger partial charge in [-0.15, -0.1) is 0 Å². The van der Waals surface area contributed by atoms with Gasteiger partial charge in [0.2, 0.25) is 9.84 Å². The first kappa shape index (κ1) is 14.3. The fourth-order valence-corrected chi connectivity index (χ4v) is 3.61. The van der Waals surface area contributed by atoms with Gasteiger partial charge in [-0.25, -0.2) is 8.42 Å². The molecule has 0 aliphatic carbocycles. The molecule has 0 bridgehead atoms. The van der Waals surface area contributed by atoms with Crippen LogP contribution in [0.25, 0.3) is 0 Å². The van der Waals surface area contributed by atoms with Crippen molar-refractivity contribution in [3.05, 3.63) is 58.9 Å². The lowest BCUT2D eigenvalue weighted by Crippen LogP contribution is -2.34. The first-order valence-corrected chi connectivity index (χ1v) is 7.67. The van der Waals surface area contributed by atoms with E-state index >= 15 is 0 Å². The van der Waals surface area contributed by atoms with Crippen LogP contribution in [0.1, 0.15) is 23.3 Å². The molecule has 0 saturated heterocycles. The molecule has 5 nitrogen and oxygen atoms in total. The minimum atomic E-state index is -3.77. The van der Waals surface area contributed by atoms with Gasteiger partial charge in [0.15, 0.2) is 6.20 Å². The predicted molar refractivity (Wildman–Crippen MR) is 76.6 cm³/mol. The Kier molecular flexibility index (Phi) is 3.67. The van der Waals surface area contributed by atoms with Crippen LogP contribution in [0.3, 0.4) is 0 Å². The van der Waals surface area contributed by atoms with Crippen molar-refractivity contribution in [2.75, 3.05) is 5.73 Å². The number of aryl methyl sites for hydroxylation is 1. The summed E-state index contributed by atoms with van der Waals surface area (Å²) in [6.07, 6.45) is 1.17. The van der Waals surface area contributed by atoms with Crippen LogP contribution in [0.5, 0.6) is 0 Å². The van der Waals surface area contributed by atoms with Gasteiger partial charge in [0.05, 0.1) is 5.25 Å². The van der Waals surface area contributed by atoms with Crippen LogP contribution in [0.15, 0.2) is 47.6 Å². The van der Waals surface area contributed by atoms with E-state index in [0.717, 1.165) is 5.56 Å². The molecule has 20 heavy (non-hydrogen) atoms. The number of aromatic nitrogens is 1. The fraction of sp³-hybridized carbons (Fsp3) is 0.214. The van der Waals surface area contributed by atoms with Gasteiger partial charge < -0.3 is 10.9 Å². The van der Waals surface area contributed by atoms with E-state index in [1.165, 1.54) is 24.4 Å². The quantitative estimate of drug-likeness (QED) is 0.530. The third-order valence-electron chi connectivity index (χ3n) is 3.29. The minimum absolute atomic E-state index is 0.255. The van der Waals surface area contributed by atoms with Crippen molar-refractivity contribution in [3.8, 4) is 0 Å². The van der Waals surface area contributed by atoms with Crippen molar-refractivity contribution < 1.29 is 13.1 Å². The Bertz CT molecular complexity index is 742. The summed E-state index contributed by atoms with van der Waals surface area (Å²) < 4.78 is 25.5. The van der Waals surface area contributed by atoms with E-state index in [-0.39, 0.29) is 5.03 Å². The highest BCUT2D eigenvalue weighted by Crippen LogP contribution is 2.30. The molecule has 1 aromatic carbocycles. The standard InChI is InChI=1S/C14H16N2O3S/c1-10-6-7-12(15)9-13(10)11(2)20(18,19)14-5-3-4-8-16(14)17/h3-9,11H,15H2,1-2H3. The van der Waals surface area contributed by atoms with Crippen molar-refractivity contribution in [3.63, 3.8) is 0 Å². The lowest BCUT2D eigenvalue weighted by molar-refractivity contribution is -0.646. The number of benzene rings is 1. The average molecular weight is 292 g/mol. The summed E-state index contributed by atoms with van der Waals surface area (Å²) in [6.45, 7) is 3.38. The highest BCUT2D eigenvalue weighted by Gasteiger charge is 2.32. The maximum Gasteiger partial charge on any atom is 0.309 e. The number of hydrogen-bond donors (Lipinski definition) is 1. The number of nitrogens with zero attached hydrogens (tertiary/aromatic N) is 1. The Balaban J connectivity index is 2.55. The number of anilines is 1. The van der Waals surface area contributed by atoms with E-state index in [1.807, 2.05) is 6.92 Å². The molecule has 0 amide bonds. The SMILES string of the molecule is Cc1ccc(N)cc1C(C)S(=O)(=O)c1cccc[n+]1[O-]. The molecular weight excluding hydrogens is 276 g/mol. The summed E-state index contributed by atoms with van der Waals surface area (Å²) in [5.74, 6) is 0. The van der Waals surface area contributed by atoms with Crippen LogP contribution < -0.4 is 10.5 Å². The third-order valence-corrected chi connectivity index (χ3v) is 5.37. The Hall–Kier alpha value is -2.08. The van der Waals surface area contributed by atoms with Crippen LogP contribution in [-0.4, -0.2) is 8.42 Å². The zero-order valence-corrected chi connectivity index (χ0v) is 12.1. The highest BCUT2D eigenvalue weighted by molar-refractivity contribution is 7.91. The molecule has 0 saturated carbocycles. The summed E-state index contributed by atoms with van der Waals surface area (Å²) >= 11 is 0. The Morgan fingerprint density at radius 2 is 1.95 bits per heavy atom. The number of pyridine rings is 1. The van der Waals surface area contributed by atoms with Crippen molar-refractivity contribution in [2.24, 2.45) is 0 Å². The lowest BCUT2D eigenvalue weighted by atomic mass is 10.1. The van der Waals surface area contributed by atoms with Gasteiger partial charge in [-0.2, -0.15) is 4.73 Å². The third kappa shape index (κ3) is 2.46. The second kappa shape index (κ2) is 5.13. The van der Waals surface area contributed by atoms with E-state index in [1.54, 1.807) is 25.1 Å². The summed E-state index contributed by atoms with van der Waals surface area (Å²) in [5.41, 5.74) is 7.64. The van der Waals surface area contributed by atoms with Gasteiger partial charge in [-0.05, 0) is 43.2 Å². The number of rotatable bonds is 3. The molecule has 1 atom stereocenters. The van der Waals surface area contributed by atoms with E-state index in [2.05, 4.69) is 0 Å². The maximum atomic E-state index is 12.6. The molecular formula is C14H16N2O3S. The predicted octanol–water partition coefficient (Wildman–Crippen LogP) is 1.75. The smallest absolute Gasteiger partial charge is 0.309 e. The molecule has 0 aliphatic heterocycles. The molecule has 0 radical (unpaired) electrons. The largest absolute Gasteiger partial charge is 0.618 e. The van der Waals surface area contributed by atoms with Gasteiger partial charge in [-0.1, -0.05) is 6.07 Å². The molecule has 1 aromatic heterocycles.